The summed E-state index contributed by atoms with van der Waals surface area (Å²) in [6.45, 7) is 2.62. The molecule has 0 bridgehead atoms. The van der Waals surface area contributed by atoms with Crippen LogP contribution in [0.15, 0.2) is 36.5 Å². The molecule has 0 saturated carbocycles. The van der Waals surface area contributed by atoms with E-state index in [2.05, 4.69) is 18.4 Å². The standard InChI is InChI=1S/C10H12O/c1-2-11-9-5-8-10-6-3-4-7-10/h3-8,10H,2H2,1H3/b8-5+. The van der Waals surface area contributed by atoms with Gasteiger partial charge in [-0.25, -0.2) is 6.08 Å². The third kappa shape index (κ3) is 2.99. The average molecular weight is 148 g/mol. The number of hydrogen-bond donors (Lipinski definition) is 0. The summed E-state index contributed by atoms with van der Waals surface area (Å²) < 4.78 is 4.91. The second kappa shape index (κ2) is 4.67. The molecule has 0 aromatic rings. The van der Waals surface area contributed by atoms with Gasteiger partial charge in [0.1, 0.15) is 0 Å². The van der Waals surface area contributed by atoms with Crippen molar-refractivity contribution in [1.29, 1.82) is 0 Å². The first-order valence-electron chi connectivity index (χ1n) is 3.82. The van der Waals surface area contributed by atoms with E-state index in [0.29, 0.717) is 12.5 Å². The summed E-state index contributed by atoms with van der Waals surface area (Å²) in [5, 5.41) is 0. The van der Waals surface area contributed by atoms with Gasteiger partial charge in [-0.05, 0) is 0 Å². The van der Waals surface area contributed by atoms with Crippen molar-refractivity contribution in [2.24, 2.45) is 5.92 Å². The van der Waals surface area contributed by atoms with Crippen molar-refractivity contribution in [1.82, 2.24) is 0 Å². The zero-order valence-corrected chi connectivity index (χ0v) is 6.66. The lowest BCUT2D eigenvalue weighted by atomic mass is 10.1. The van der Waals surface area contributed by atoms with Crippen LogP contribution in [0, 0.1) is 5.92 Å². The Balaban J connectivity index is 2.29. The maximum atomic E-state index is 4.91. The van der Waals surface area contributed by atoms with Crippen LogP contribution in [0.4, 0.5) is 0 Å². The van der Waals surface area contributed by atoms with E-state index in [0.717, 1.165) is 0 Å². The molecule has 0 fully saturated rings. The third-order valence-electron chi connectivity index (χ3n) is 1.39. The summed E-state index contributed by atoms with van der Waals surface area (Å²) in [6, 6.07) is 0. The Morgan fingerprint density at radius 1 is 1.45 bits per heavy atom. The molecule has 0 atom stereocenters. The van der Waals surface area contributed by atoms with Gasteiger partial charge in [0.25, 0.3) is 0 Å². The fourth-order valence-electron chi connectivity index (χ4n) is 0.859. The van der Waals surface area contributed by atoms with Gasteiger partial charge in [0.05, 0.1) is 0 Å². The molecule has 0 N–H and O–H groups in total. The van der Waals surface area contributed by atoms with Gasteiger partial charge in [0.2, 0.25) is 12.9 Å². The molecule has 0 aromatic heterocycles. The summed E-state index contributed by atoms with van der Waals surface area (Å²) in [7, 11) is 0. The predicted octanol–water partition coefficient (Wildman–Crippen LogP) is 1.95. The molecule has 1 heteroatoms. The van der Waals surface area contributed by atoms with Crippen molar-refractivity contribution >= 4 is 6.29 Å². The maximum absolute atomic E-state index is 4.91. The molecule has 0 radical (unpaired) electrons. The van der Waals surface area contributed by atoms with Crippen LogP contribution in [0.5, 0.6) is 0 Å². The number of allylic oxidation sites excluding steroid dienone is 6. The Morgan fingerprint density at radius 3 is 2.82 bits per heavy atom. The summed E-state index contributed by atoms with van der Waals surface area (Å²) >= 11 is 0. The number of rotatable bonds is 3. The Hall–Kier alpha value is -1.11. The van der Waals surface area contributed by atoms with E-state index in [1.54, 1.807) is 0 Å². The molecule has 1 rings (SSSR count). The lowest BCUT2D eigenvalue weighted by Crippen LogP contribution is -1.82. The highest BCUT2D eigenvalue weighted by molar-refractivity contribution is 5.66. The Bertz CT molecular complexity index is 197. The zero-order valence-electron chi connectivity index (χ0n) is 6.66. The molecule has 1 aliphatic rings. The Kier molecular flexibility index (Phi) is 3.39. The minimum absolute atomic E-state index is 0.433. The first kappa shape index (κ1) is 7.99. The van der Waals surface area contributed by atoms with E-state index in [-0.39, 0.29) is 0 Å². The monoisotopic (exact) mass is 148 g/mol. The largest absolute Gasteiger partial charge is 0.353 e. The molecule has 0 aliphatic heterocycles. The van der Waals surface area contributed by atoms with Gasteiger partial charge >= 0.3 is 0 Å². The van der Waals surface area contributed by atoms with E-state index in [4.69, 9.17) is 4.42 Å². The van der Waals surface area contributed by atoms with Crippen LogP contribution in [0.25, 0.3) is 0 Å². The van der Waals surface area contributed by atoms with Crippen molar-refractivity contribution in [3.8, 4) is 0 Å². The minimum Gasteiger partial charge on any atom is -0.353 e. The molecular weight excluding hydrogens is 136 g/mol. The van der Waals surface area contributed by atoms with Crippen molar-refractivity contribution in [3.05, 3.63) is 36.5 Å². The van der Waals surface area contributed by atoms with E-state index in [9.17, 15) is 0 Å². The van der Waals surface area contributed by atoms with Gasteiger partial charge < -0.3 is 4.42 Å². The van der Waals surface area contributed by atoms with E-state index < -0.39 is 0 Å². The van der Waals surface area contributed by atoms with Gasteiger partial charge in [-0.2, -0.15) is 0 Å². The molecule has 0 heterocycles. The summed E-state index contributed by atoms with van der Waals surface area (Å²) in [5.74, 6) is 0.433. The van der Waals surface area contributed by atoms with E-state index in [1.807, 2.05) is 31.2 Å². The van der Waals surface area contributed by atoms with Crippen molar-refractivity contribution < 1.29 is 4.42 Å². The summed E-state index contributed by atoms with van der Waals surface area (Å²) in [6.07, 6.45) is 14.9. The summed E-state index contributed by atoms with van der Waals surface area (Å²) in [4.78, 5) is 0. The van der Waals surface area contributed by atoms with Crippen LogP contribution >= 0.6 is 0 Å². The van der Waals surface area contributed by atoms with Crippen LogP contribution in [0.1, 0.15) is 6.92 Å². The first-order valence-corrected chi connectivity index (χ1v) is 3.82. The molecular formula is C10H12O. The molecule has 0 amide bonds. The SMILES string of the molecule is CC[O+]=[C-]/C=C/C1C=CC=C1. The van der Waals surface area contributed by atoms with Gasteiger partial charge in [-0.15, -0.1) is 6.08 Å². The van der Waals surface area contributed by atoms with Gasteiger partial charge in [0, 0.05) is 6.92 Å². The highest BCUT2D eigenvalue weighted by Crippen LogP contribution is 2.08. The highest BCUT2D eigenvalue weighted by atomic mass is 16.4. The molecule has 0 aromatic carbocycles. The molecule has 0 saturated heterocycles. The third-order valence-corrected chi connectivity index (χ3v) is 1.39. The minimum atomic E-state index is 0.433. The fourth-order valence-corrected chi connectivity index (χ4v) is 0.859. The first-order chi connectivity index (χ1) is 5.43. The lowest BCUT2D eigenvalue weighted by molar-refractivity contribution is 0.125. The quantitative estimate of drug-likeness (QED) is 0.329. The van der Waals surface area contributed by atoms with Crippen LogP contribution in [-0.4, -0.2) is 12.9 Å². The molecule has 1 aliphatic carbocycles. The van der Waals surface area contributed by atoms with Gasteiger partial charge in [-0.3, -0.25) is 0 Å². The normalized spacial score (nSPS) is 17.9. The van der Waals surface area contributed by atoms with E-state index >= 15 is 0 Å². The number of hydrogen-bond acceptors (Lipinski definition) is 0. The van der Waals surface area contributed by atoms with Crippen LogP contribution in [-0.2, 0) is 4.42 Å². The fraction of sp³-hybridized carbons (Fsp3) is 0.300. The average Bonchev–Trinajstić information content (AvgIpc) is 2.50. The van der Waals surface area contributed by atoms with Crippen molar-refractivity contribution in [3.63, 3.8) is 0 Å². The van der Waals surface area contributed by atoms with Crippen molar-refractivity contribution in [2.45, 2.75) is 6.92 Å². The van der Waals surface area contributed by atoms with Crippen LogP contribution < -0.4 is 0 Å². The number of carbonyl (C=O) groups excluding carboxylic acids is 1. The van der Waals surface area contributed by atoms with Gasteiger partial charge in [-0.1, -0.05) is 30.2 Å². The molecule has 11 heavy (non-hydrogen) atoms. The Morgan fingerprint density at radius 2 is 2.18 bits per heavy atom. The molecule has 58 valence electrons. The summed E-state index contributed by atoms with van der Waals surface area (Å²) in [5.41, 5.74) is 0. The molecule has 0 spiro atoms. The highest BCUT2D eigenvalue weighted by Gasteiger charge is 1.90. The smallest absolute Gasteiger partial charge is 0.236 e. The molecule has 0 unspecified atom stereocenters. The van der Waals surface area contributed by atoms with Crippen molar-refractivity contribution in [2.75, 3.05) is 6.61 Å². The maximum Gasteiger partial charge on any atom is 0.236 e. The van der Waals surface area contributed by atoms with E-state index in [1.165, 1.54) is 0 Å². The molecule has 1 nitrogen and oxygen atoms in total. The Labute approximate surface area is 67.4 Å². The second-order valence-corrected chi connectivity index (χ2v) is 2.26. The van der Waals surface area contributed by atoms with Crippen LogP contribution in [0.3, 0.4) is 0 Å². The predicted molar refractivity (Wildman–Crippen MR) is 47.1 cm³/mol. The lowest BCUT2D eigenvalue weighted by Gasteiger charge is -1.97. The second-order valence-electron chi connectivity index (χ2n) is 2.26. The van der Waals surface area contributed by atoms with Crippen LogP contribution in [0.2, 0.25) is 0 Å². The zero-order chi connectivity index (χ0) is 7.94. The topological polar surface area (TPSA) is 11.3 Å². The van der Waals surface area contributed by atoms with Gasteiger partial charge in [0.15, 0.2) is 0 Å².